The van der Waals surface area contributed by atoms with Gasteiger partial charge in [0.2, 0.25) is 0 Å². The molecular weight excluding hydrogens is 444 g/mol. The molecule has 3 aromatic heterocycles. The Kier molecular flexibility index (Phi) is 5.09. The molecule has 3 N–H and O–H groups in total. The maximum atomic E-state index is 13.9. The lowest BCUT2D eigenvalue weighted by Gasteiger charge is -2.22. The number of piperidine rings is 1. The van der Waals surface area contributed by atoms with Crippen molar-refractivity contribution in [1.82, 2.24) is 25.1 Å². The van der Waals surface area contributed by atoms with E-state index in [0.29, 0.717) is 11.6 Å². The van der Waals surface area contributed by atoms with Crippen LogP contribution in [-0.4, -0.2) is 32.8 Å². The number of alkyl halides is 3. The Morgan fingerprint density at radius 2 is 1.91 bits per heavy atom. The third-order valence-electron chi connectivity index (χ3n) is 5.56. The van der Waals surface area contributed by atoms with Gasteiger partial charge in [-0.25, -0.2) is 14.4 Å². The van der Waals surface area contributed by atoms with Crippen molar-refractivity contribution in [3.8, 4) is 21.7 Å². The number of halogens is 4. The van der Waals surface area contributed by atoms with Gasteiger partial charge in [-0.15, -0.1) is 11.3 Å². The highest BCUT2D eigenvalue weighted by Crippen LogP contribution is 2.41. The van der Waals surface area contributed by atoms with Crippen LogP contribution >= 0.6 is 11.3 Å². The second-order valence-electron chi connectivity index (χ2n) is 7.63. The number of fused-ring (bicyclic) bond motifs is 1. The molecule has 1 saturated heterocycles. The number of thiazole rings is 1. The zero-order chi connectivity index (χ0) is 22.5. The normalized spacial score (nSPS) is 15.5. The molecule has 0 unspecified atom stereocenters. The summed E-state index contributed by atoms with van der Waals surface area (Å²) in [5, 5.41) is 8.04. The molecule has 32 heavy (non-hydrogen) atoms. The third-order valence-corrected chi connectivity index (χ3v) is 6.61. The van der Waals surface area contributed by atoms with Crippen LogP contribution in [0, 0.1) is 5.82 Å². The minimum absolute atomic E-state index is 0.132. The van der Waals surface area contributed by atoms with Gasteiger partial charge in [0.15, 0.2) is 0 Å². The first-order valence-corrected chi connectivity index (χ1v) is 10.8. The molecule has 6 nitrogen and oxygen atoms in total. The molecule has 11 heteroatoms. The Balaban J connectivity index is 1.55. The topological polar surface area (TPSA) is 81.6 Å². The number of hydrogen-bond acceptors (Lipinski definition) is 6. The van der Waals surface area contributed by atoms with E-state index in [9.17, 15) is 17.6 Å². The summed E-state index contributed by atoms with van der Waals surface area (Å²) in [5.41, 5.74) is 6.16. The quantitative estimate of drug-likeness (QED) is 0.424. The summed E-state index contributed by atoms with van der Waals surface area (Å²) in [4.78, 5) is 8.31. The Morgan fingerprint density at radius 1 is 1.12 bits per heavy atom. The molecule has 1 aliphatic heterocycles. The first-order valence-electron chi connectivity index (χ1n) is 9.98. The lowest BCUT2D eigenvalue weighted by molar-refractivity contribution is -0.138. The van der Waals surface area contributed by atoms with Gasteiger partial charge >= 0.3 is 6.18 Å². The largest absolute Gasteiger partial charge is 0.421 e. The van der Waals surface area contributed by atoms with Crippen LogP contribution in [0.2, 0.25) is 0 Å². The molecule has 0 spiro atoms. The molecule has 0 radical (unpaired) electrons. The highest BCUT2D eigenvalue weighted by molar-refractivity contribution is 7.21. The summed E-state index contributed by atoms with van der Waals surface area (Å²) < 4.78 is 56.3. The highest BCUT2D eigenvalue weighted by Gasteiger charge is 2.37. The van der Waals surface area contributed by atoms with Crippen LogP contribution < -0.4 is 11.1 Å². The van der Waals surface area contributed by atoms with Gasteiger partial charge in [0, 0.05) is 23.5 Å². The zero-order valence-corrected chi connectivity index (χ0v) is 17.5. The molecule has 4 heterocycles. The van der Waals surface area contributed by atoms with E-state index in [1.165, 1.54) is 6.07 Å². The van der Waals surface area contributed by atoms with Crippen molar-refractivity contribution in [1.29, 1.82) is 0 Å². The summed E-state index contributed by atoms with van der Waals surface area (Å²) >= 11 is 1.01. The SMILES string of the molecule is Nc1ncc(-c2cnn(C3CCNCC3)c2)cc1-c1nc2c(C(F)(F)F)c(F)ccc2s1. The minimum atomic E-state index is -4.86. The summed E-state index contributed by atoms with van der Waals surface area (Å²) in [6.45, 7) is 1.87. The van der Waals surface area contributed by atoms with Crippen LogP contribution in [0.15, 0.2) is 36.8 Å². The Bertz CT molecular complexity index is 1290. The van der Waals surface area contributed by atoms with Crippen molar-refractivity contribution in [2.75, 3.05) is 18.8 Å². The fraction of sp³-hybridized carbons (Fsp3) is 0.286. The summed E-state index contributed by atoms with van der Waals surface area (Å²) in [7, 11) is 0. The third kappa shape index (κ3) is 3.71. The molecular formula is C21H18F4N6S. The molecule has 5 rings (SSSR count). The summed E-state index contributed by atoms with van der Waals surface area (Å²) in [6.07, 6.45) is 2.36. The van der Waals surface area contributed by atoms with Crippen LogP contribution in [0.5, 0.6) is 0 Å². The molecule has 0 amide bonds. The Labute approximate surface area is 184 Å². The first-order chi connectivity index (χ1) is 15.3. The van der Waals surface area contributed by atoms with E-state index < -0.39 is 23.1 Å². The fourth-order valence-electron chi connectivity index (χ4n) is 3.92. The smallest absolute Gasteiger partial charge is 0.383 e. The van der Waals surface area contributed by atoms with Gasteiger partial charge in [-0.3, -0.25) is 4.68 Å². The number of nitrogen functional groups attached to an aromatic ring is 1. The van der Waals surface area contributed by atoms with E-state index in [2.05, 4.69) is 20.4 Å². The predicted molar refractivity (Wildman–Crippen MR) is 115 cm³/mol. The fourth-order valence-corrected chi connectivity index (χ4v) is 4.92. The van der Waals surface area contributed by atoms with Gasteiger partial charge in [0.05, 0.1) is 28.0 Å². The molecule has 1 aromatic carbocycles. The van der Waals surface area contributed by atoms with Gasteiger partial charge < -0.3 is 11.1 Å². The number of pyridine rings is 1. The van der Waals surface area contributed by atoms with Crippen LogP contribution in [0.3, 0.4) is 0 Å². The second-order valence-corrected chi connectivity index (χ2v) is 8.66. The van der Waals surface area contributed by atoms with Crippen LogP contribution in [0.1, 0.15) is 24.4 Å². The molecule has 0 saturated carbocycles. The van der Waals surface area contributed by atoms with Crippen molar-refractivity contribution < 1.29 is 17.6 Å². The van der Waals surface area contributed by atoms with Gasteiger partial charge in [-0.1, -0.05) is 0 Å². The predicted octanol–water partition coefficient (Wildman–Crippen LogP) is 4.89. The summed E-state index contributed by atoms with van der Waals surface area (Å²) in [6, 6.07) is 4.14. The number of rotatable bonds is 3. The van der Waals surface area contributed by atoms with E-state index in [1.807, 2.05) is 10.9 Å². The highest BCUT2D eigenvalue weighted by atomic mass is 32.1. The summed E-state index contributed by atoms with van der Waals surface area (Å²) in [5.74, 6) is -1.22. The lowest BCUT2D eigenvalue weighted by atomic mass is 10.1. The number of aromatic nitrogens is 4. The van der Waals surface area contributed by atoms with Crippen molar-refractivity contribution in [3.63, 3.8) is 0 Å². The molecule has 1 fully saturated rings. The van der Waals surface area contributed by atoms with E-state index in [1.54, 1.807) is 18.5 Å². The number of nitrogens with one attached hydrogen (secondary N) is 1. The van der Waals surface area contributed by atoms with Crippen molar-refractivity contribution in [2.24, 2.45) is 0 Å². The molecule has 1 aliphatic rings. The minimum Gasteiger partial charge on any atom is -0.383 e. The van der Waals surface area contributed by atoms with E-state index in [4.69, 9.17) is 5.73 Å². The Morgan fingerprint density at radius 3 is 2.66 bits per heavy atom. The van der Waals surface area contributed by atoms with Gasteiger partial charge in [-0.05, 0) is 44.1 Å². The Hall–Kier alpha value is -3.05. The number of benzene rings is 1. The number of nitrogens with two attached hydrogens (primary N) is 1. The molecule has 0 aliphatic carbocycles. The van der Waals surface area contributed by atoms with E-state index in [-0.39, 0.29) is 15.5 Å². The van der Waals surface area contributed by atoms with Crippen LogP contribution in [0.25, 0.3) is 31.9 Å². The second kappa shape index (κ2) is 7.82. The van der Waals surface area contributed by atoms with E-state index >= 15 is 0 Å². The number of anilines is 1. The van der Waals surface area contributed by atoms with Crippen molar-refractivity contribution >= 4 is 27.4 Å². The monoisotopic (exact) mass is 462 g/mol. The first kappa shape index (κ1) is 20.8. The molecule has 0 atom stereocenters. The van der Waals surface area contributed by atoms with Crippen molar-refractivity contribution in [3.05, 3.63) is 48.2 Å². The number of hydrogen-bond donors (Lipinski definition) is 2. The van der Waals surface area contributed by atoms with Gasteiger partial charge in [0.1, 0.15) is 22.2 Å². The van der Waals surface area contributed by atoms with Crippen molar-refractivity contribution in [2.45, 2.75) is 25.1 Å². The van der Waals surface area contributed by atoms with E-state index in [0.717, 1.165) is 54.5 Å². The van der Waals surface area contributed by atoms with Gasteiger partial charge in [-0.2, -0.15) is 18.3 Å². The standard InChI is InChI=1S/C21H18F4N6S/c22-15-1-2-16-18(17(15)21(23,24)25)30-20(32-16)14-7-11(8-28-19(14)26)12-9-29-31(10-12)13-3-5-27-6-4-13/h1-2,7-10,13,27H,3-6H2,(H2,26,28). The van der Waals surface area contributed by atoms with Gasteiger partial charge in [0.25, 0.3) is 0 Å². The molecule has 166 valence electrons. The molecule has 0 bridgehead atoms. The van der Waals surface area contributed by atoms with Crippen LogP contribution in [-0.2, 0) is 6.18 Å². The van der Waals surface area contributed by atoms with Crippen LogP contribution in [0.4, 0.5) is 23.4 Å². The maximum absolute atomic E-state index is 13.9. The average Bonchev–Trinajstić information content (AvgIpc) is 3.41. The average molecular weight is 462 g/mol. The number of nitrogens with zero attached hydrogens (tertiary/aromatic N) is 4. The molecule has 4 aromatic rings. The lowest BCUT2D eigenvalue weighted by Crippen LogP contribution is -2.29. The zero-order valence-electron chi connectivity index (χ0n) is 16.7. The maximum Gasteiger partial charge on any atom is 0.421 e.